The molecule has 1 N–H and O–H groups in total. The van der Waals surface area contributed by atoms with Gasteiger partial charge in [-0.15, -0.1) is 5.06 Å². The van der Waals surface area contributed by atoms with E-state index in [1.807, 2.05) is 0 Å². The number of hydroxylamine groups is 2. The average molecular weight is 423 g/mol. The van der Waals surface area contributed by atoms with Crippen LogP contribution in [0.2, 0.25) is 0 Å². The number of hydrogen-bond donors (Lipinski definition) is 1. The molecular formula is C20H30N4O4S. The first-order valence-corrected chi connectivity index (χ1v) is 10.8. The number of carbonyl (C=O) groups excluding carboxylic acids is 2. The van der Waals surface area contributed by atoms with Crippen LogP contribution < -0.4 is 10.2 Å². The highest BCUT2D eigenvalue weighted by Gasteiger charge is 2.34. The van der Waals surface area contributed by atoms with Crippen molar-refractivity contribution >= 4 is 28.5 Å². The van der Waals surface area contributed by atoms with Crippen molar-refractivity contribution in [2.45, 2.75) is 46.6 Å². The first kappa shape index (κ1) is 21.6. The van der Waals surface area contributed by atoms with Crippen molar-refractivity contribution in [3.8, 4) is 0 Å². The second-order valence-corrected chi connectivity index (χ2v) is 9.87. The second-order valence-electron chi connectivity index (χ2n) is 8.86. The van der Waals surface area contributed by atoms with Gasteiger partial charge in [0, 0.05) is 19.6 Å². The summed E-state index contributed by atoms with van der Waals surface area (Å²) in [5, 5.41) is 5.42. The predicted octanol–water partition coefficient (Wildman–Crippen LogP) is 3.22. The molecule has 3 rings (SSSR count). The lowest BCUT2D eigenvalue weighted by Crippen LogP contribution is -2.34. The molecule has 1 aromatic heterocycles. The summed E-state index contributed by atoms with van der Waals surface area (Å²) in [5.74, 6) is 0.496. The molecule has 0 radical (unpaired) electrons. The average Bonchev–Trinajstić information content (AvgIpc) is 3.25. The summed E-state index contributed by atoms with van der Waals surface area (Å²) in [7, 11) is 0. The Bertz CT molecular complexity index is 779. The molecule has 0 spiro atoms. The number of ether oxygens (including phenoxy) is 1. The molecule has 29 heavy (non-hydrogen) atoms. The molecule has 0 unspecified atom stereocenters. The van der Waals surface area contributed by atoms with E-state index in [0.29, 0.717) is 30.4 Å². The first-order chi connectivity index (χ1) is 13.6. The van der Waals surface area contributed by atoms with Gasteiger partial charge in [0.15, 0.2) is 5.13 Å². The van der Waals surface area contributed by atoms with E-state index in [2.05, 4.69) is 29.0 Å². The summed E-state index contributed by atoms with van der Waals surface area (Å²) < 4.78 is 5.20. The topological polar surface area (TPSA) is 84.0 Å². The number of nitrogens with one attached hydrogen (secondary N) is 1. The van der Waals surface area contributed by atoms with E-state index in [4.69, 9.17) is 9.57 Å². The molecule has 0 atom stereocenters. The van der Waals surface area contributed by atoms with Crippen molar-refractivity contribution in [3.05, 3.63) is 22.2 Å². The number of amides is 1. The minimum atomic E-state index is -0.677. The van der Waals surface area contributed by atoms with Crippen LogP contribution in [0.5, 0.6) is 0 Å². The highest BCUT2D eigenvalue weighted by Crippen LogP contribution is 2.32. The molecule has 8 nitrogen and oxygen atoms in total. The minimum absolute atomic E-state index is 0.0639. The quantitative estimate of drug-likeness (QED) is 0.557. The van der Waals surface area contributed by atoms with Gasteiger partial charge in [-0.1, -0.05) is 25.2 Å². The fraction of sp³-hybridized carbons (Fsp3) is 0.650. The third-order valence-corrected chi connectivity index (χ3v) is 5.64. The van der Waals surface area contributed by atoms with Crippen LogP contribution >= 0.6 is 11.3 Å². The van der Waals surface area contributed by atoms with Gasteiger partial charge >= 0.3 is 6.16 Å². The van der Waals surface area contributed by atoms with E-state index in [-0.39, 0.29) is 5.91 Å². The molecule has 0 saturated heterocycles. The largest absolute Gasteiger partial charge is 0.528 e. The van der Waals surface area contributed by atoms with Gasteiger partial charge in [0.05, 0.1) is 19.3 Å². The zero-order chi connectivity index (χ0) is 21.2. The van der Waals surface area contributed by atoms with E-state index < -0.39 is 11.8 Å². The van der Waals surface area contributed by atoms with Crippen molar-refractivity contribution in [1.29, 1.82) is 0 Å². The molecule has 2 aliphatic heterocycles. The van der Waals surface area contributed by atoms with E-state index in [1.165, 1.54) is 22.5 Å². The van der Waals surface area contributed by atoms with E-state index in [1.54, 1.807) is 32.0 Å². The highest BCUT2D eigenvalue weighted by atomic mass is 32.1. The van der Waals surface area contributed by atoms with Crippen LogP contribution in [-0.4, -0.2) is 60.4 Å². The van der Waals surface area contributed by atoms with Gasteiger partial charge in [0.2, 0.25) is 0 Å². The van der Waals surface area contributed by atoms with Crippen LogP contribution in [0.25, 0.3) is 0 Å². The number of nitrogens with zero attached hydrogens (tertiary/aromatic N) is 3. The maximum absolute atomic E-state index is 12.3. The number of thiazole rings is 1. The normalized spacial score (nSPS) is 17.1. The molecule has 0 aliphatic carbocycles. The molecule has 160 valence electrons. The maximum Gasteiger partial charge on any atom is 0.528 e. The molecule has 0 aromatic carbocycles. The van der Waals surface area contributed by atoms with Gasteiger partial charge in [0.25, 0.3) is 5.91 Å². The Morgan fingerprint density at radius 1 is 1.21 bits per heavy atom. The summed E-state index contributed by atoms with van der Waals surface area (Å²) in [6.07, 6.45) is 1.93. The molecule has 0 bridgehead atoms. The summed E-state index contributed by atoms with van der Waals surface area (Å²) in [6.45, 7) is 13.0. The SMILES string of the molecule is CC(C)CCNC(=O)c1cnc(N2CC3=C(CN(OC(=O)OC(C)(C)C)C3)C2)s1. The number of carbonyl (C=O) groups is 2. The van der Waals surface area contributed by atoms with Crippen molar-refractivity contribution in [1.82, 2.24) is 15.4 Å². The molecule has 1 aromatic rings. The third kappa shape index (κ3) is 5.93. The Balaban J connectivity index is 1.47. The molecular weight excluding hydrogens is 392 g/mol. The Kier molecular flexibility index (Phi) is 6.48. The summed E-state index contributed by atoms with van der Waals surface area (Å²) in [6, 6.07) is 0. The fourth-order valence-electron chi connectivity index (χ4n) is 3.20. The Morgan fingerprint density at radius 3 is 2.45 bits per heavy atom. The van der Waals surface area contributed by atoms with Gasteiger partial charge in [-0.2, -0.15) is 0 Å². The molecule has 3 heterocycles. The van der Waals surface area contributed by atoms with Gasteiger partial charge in [-0.05, 0) is 44.3 Å². The monoisotopic (exact) mass is 422 g/mol. The lowest BCUT2D eigenvalue weighted by Gasteiger charge is -2.23. The van der Waals surface area contributed by atoms with Crippen molar-refractivity contribution in [3.63, 3.8) is 0 Å². The van der Waals surface area contributed by atoms with Crippen LogP contribution in [0.3, 0.4) is 0 Å². The van der Waals surface area contributed by atoms with Crippen LogP contribution in [0.4, 0.5) is 9.93 Å². The number of hydrogen-bond acceptors (Lipinski definition) is 8. The third-order valence-electron chi connectivity index (χ3n) is 4.59. The number of rotatable bonds is 6. The maximum atomic E-state index is 12.3. The van der Waals surface area contributed by atoms with Crippen LogP contribution in [-0.2, 0) is 9.57 Å². The number of anilines is 1. The number of aromatic nitrogens is 1. The molecule has 0 saturated carbocycles. The summed E-state index contributed by atoms with van der Waals surface area (Å²) in [5.41, 5.74) is 1.88. The summed E-state index contributed by atoms with van der Waals surface area (Å²) in [4.78, 5) is 36.6. The van der Waals surface area contributed by atoms with E-state index >= 15 is 0 Å². The van der Waals surface area contributed by atoms with Crippen LogP contribution in [0, 0.1) is 5.92 Å². The van der Waals surface area contributed by atoms with Gasteiger partial charge < -0.3 is 19.8 Å². The molecule has 0 fully saturated rings. The Labute approximate surface area is 175 Å². The lowest BCUT2D eigenvalue weighted by atomic mass is 10.1. The predicted molar refractivity (Wildman–Crippen MR) is 112 cm³/mol. The highest BCUT2D eigenvalue weighted by molar-refractivity contribution is 7.17. The van der Waals surface area contributed by atoms with Gasteiger partial charge in [-0.25, -0.2) is 9.78 Å². The van der Waals surface area contributed by atoms with E-state index in [9.17, 15) is 9.59 Å². The van der Waals surface area contributed by atoms with Crippen molar-refractivity contribution in [2.24, 2.45) is 5.92 Å². The van der Waals surface area contributed by atoms with Crippen molar-refractivity contribution < 1.29 is 19.2 Å². The van der Waals surface area contributed by atoms with Crippen LogP contribution in [0.1, 0.15) is 50.7 Å². The summed E-state index contributed by atoms with van der Waals surface area (Å²) >= 11 is 1.41. The molecule has 9 heteroatoms. The van der Waals surface area contributed by atoms with E-state index in [0.717, 1.165) is 24.6 Å². The van der Waals surface area contributed by atoms with Gasteiger partial charge in [0.1, 0.15) is 10.5 Å². The standard InChI is InChI=1S/C20H30N4O4S/c1-13(2)6-7-21-17(25)16-8-22-18(29-16)23-9-14-11-24(12-15(14)10-23)28-19(26)27-20(3,4)5/h8,13H,6-7,9-12H2,1-5H3,(H,21,25). The first-order valence-electron chi connectivity index (χ1n) is 9.95. The zero-order valence-electron chi connectivity index (χ0n) is 17.8. The van der Waals surface area contributed by atoms with Crippen LogP contribution in [0.15, 0.2) is 17.3 Å². The second kappa shape index (κ2) is 8.71. The minimum Gasteiger partial charge on any atom is -0.427 e. The Morgan fingerprint density at radius 2 is 1.86 bits per heavy atom. The molecule has 2 aliphatic rings. The zero-order valence-corrected chi connectivity index (χ0v) is 18.6. The lowest BCUT2D eigenvalue weighted by molar-refractivity contribution is -0.128. The molecule has 1 amide bonds. The smallest absolute Gasteiger partial charge is 0.427 e. The fourth-order valence-corrected chi connectivity index (χ4v) is 4.03. The van der Waals surface area contributed by atoms with Crippen molar-refractivity contribution in [2.75, 3.05) is 37.6 Å². The van der Waals surface area contributed by atoms with Gasteiger partial charge in [-0.3, -0.25) is 4.79 Å². The Hall–Kier alpha value is -2.13.